The van der Waals surface area contributed by atoms with E-state index >= 15 is 0 Å². The molecule has 1 aromatic heterocycles. The Hall–Kier alpha value is -0.430. The van der Waals surface area contributed by atoms with Crippen molar-refractivity contribution in [1.82, 2.24) is 10.2 Å². The van der Waals surface area contributed by atoms with Gasteiger partial charge in [0, 0.05) is 19.7 Å². The molecule has 2 rings (SSSR count). The molecule has 1 fully saturated rings. The van der Waals surface area contributed by atoms with Gasteiger partial charge in [0.2, 0.25) is 0 Å². The first kappa shape index (κ1) is 12.0. The zero-order chi connectivity index (χ0) is 11.6. The molecule has 0 aromatic carbocycles. The van der Waals surface area contributed by atoms with Crippen molar-refractivity contribution in [3.8, 4) is 0 Å². The lowest BCUT2D eigenvalue weighted by Gasteiger charge is -2.38. The molecule has 1 aliphatic heterocycles. The topological polar surface area (TPSA) is 49.2 Å². The largest absolute Gasteiger partial charge is 0.396 e. The molecule has 2 heterocycles. The fourth-order valence-corrected chi connectivity index (χ4v) is 2.20. The molecule has 4 nitrogen and oxygen atoms in total. The molecule has 88 valence electrons. The summed E-state index contributed by atoms with van der Waals surface area (Å²) in [6, 6.07) is 3.99. The van der Waals surface area contributed by atoms with Crippen molar-refractivity contribution >= 4 is 28.4 Å². The van der Waals surface area contributed by atoms with E-state index in [4.69, 9.17) is 0 Å². The first-order valence-electron chi connectivity index (χ1n) is 5.48. The Balaban J connectivity index is 2.01. The van der Waals surface area contributed by atoms with Gasteiger partial charge in [-0.3, -0.25) is 0 Å². The highest BCUT2D eigenvalue weighted by Gasteiger charge is 2.29. The van der Waals surface area contributed by atoms with Gasteiger partial charge in [0.05, 0.1) is 0 Å². The number of nitrogens with zero attached hydrogens (tertiary/aromatic N) is 3. The van der Waals surface area contributed by atoms with E-state index in [1.54, 1.807) is 0 Å². The summed E-state index contributed by atoms with van der Waals surface area (Å²) in [7, 11) is 0. The van der Waals surface area contributed by atoms with Crippen LogP contribution in [0.2, 0.25) is 0 Å². The molecule has 0 radical (unpaired) electrons. The van der Waals surface area contributed by atoms with Crippen LogP contribution in [0.3, 0.4) is 0 Å². The maximum atomic E-state index is 9.30. The lowest BCUT2D eigenvalue weighted by Crippen LogP contribution is -2.40. The molecule has 0 unspecified atom stereocenters. The molecule has 0 saturated carbocycles. The van der Waals surface area contributed by atoms with Crippen LogP contribution < -0.4 is 4.90 Å². The Kier molecular flexibility index (Phi) is 3.63. The highest BCUT2D eigenvalue weighted by atomic mass is 127. The van der Waals surface area contributed by atoms with Gasteiger partial charge in [-0.1, -0.05) is 6.92 Å². The number of halogens is 1. The lowest BCUT2D eigenvalue weighted by molar-refractivity contribution is 0.114. The quantitative estimate of drug-likeness (QED) is 0.837. The van der Waals surface area contributed by atoms with Gasteiger partial charge in [0.25, 0.3) is 0 Å². The minimum Gasteiger partial charge on any atom is -0.396 e. The minimum atomic E-state index is 0.0904. The molecule has 16 heavy (non-hydrogen) atoms. The van der Waals surface area contributed by atoms with E-state index in [2.05, 4.69) is 44.6 Å². The zero-order valence-electron chi connectivity index (χ0n) is 9.36. The molecular formula is C11H16IN3O. The third kappa shape index (κ3) is 2.63. The Labute approximate surface area is 109 Å². The summed E-state index contributed by atoms with van der Waals surface area (Å²) in [5.74, 6) is 0.945. The van der Waals surface area contributed by atoms with Crippen LogP contribution in [0.5, 0.6) is 0 Å². The fraction of sp³-hybridized carbons (Fsp3) is 0.636. The van der Waals surface area contributed by atoms with Crippen molar-refractivity contribution in [3.05, 3.63) is 15.8 Å². The molecule has 5 heteroatoms. The van der Waals surface area contributed by atoms with E-state index < -0.39 is 0 Å². The van der Waals surface area contributed by atoms with Gasteiger partial charge in [0.1, 0.15) is 3.70 Å². The van der Waals surface area contributed by atoms with Crippen LogP contribution >= 0.6 is 22.6 Å². The molecule has 0 aliphatic carbocycles. The summed E-state index contributed by atoms with van der Waals surface area (Å²) >= 11 is 2.15. The van der Waals surface area contributed by atoms with Crippen molar-refractivity contribution in [2.75, 3.05) is 24.6 Å². The molecule has 1 saturated heterocycles. The van der Waals surface area contributed by atoms with E-state index in [9.17, 15) is 5.11 Å². The average molecular weight is 333 g/mol. The SMILES string of the molecule is CC1(CO)CCN(c2ccc(I)nn2)CC1. The monoisotopic (exact) mass is 333 g/mol. The number of hydrogen-bond donors (Lipinski definition) is 1. The maximum absolute atomic E-state index is 9.30. The van der Waals surface area contributed by atoms with Crippen molar-refractivity contribution in [3.63, 3.8) is 0 Å². The van der Waals surface area contributed by atoms with Gasteiger partial charge in [-0.05, 0) is 53.0 Å². The summed E-state index contributed by atoms with van der Waals surface area (Å²) < 4.78 is 0.915. The third-order valence-corrected chi connectivity index (χ3v) is 3.87. The Bertz CT molecular complexity index is 347. The van der Waals surface area contributed by atoms with Gasteiger partial charge < -0.3 is 10.0 Å². The predicted molar refractivity (Wildman–Crippen MR) is 71.4 cm³/mol. The van der Waals surface area contributed by atoms with Crippen LogP contribution in [0, 0.1) is 9.12 Å². The second kappa shape index (κ2) is 4.83. The van der Waals surface area contributed by atoms with Gasteiger partial charge in [-0.15, -0.1) is 10.2 Å². The number of hydrogen-bond acceptors (Lipinski definition) is 4. The van der Waals surface area contributed by atoms with E-state index in [-0.39, 0.29) is 12.0 Å². The van der Waals surface area contributed by atoms with Crippen LogP contribution in [-0.4, -0.2) is 35.0 Å². The standard InChI is InChI=1S/C11H16IN3O/c1-11(8-16)4-6-15(7-5-11)10-3-2-9(12)13-14-10/h2-3,16H,4-8H2,1H3. The van der Waals surface area contributed by atoms with E-state index in [1.807, 2.05) is 12.1 Å². The number of aromatic nitrogens is 2. The minimum absolute atomic E-state index is 0.0904. The van der Waals surface area contributed by atoms with Crippen LogP contribution in [0.15, 0.2) is 12.1 Å². The van der Waals surface area contributed by atoms with Crippen LogP contribution in [-0.2, 0) is 0 Å². The van der Waals surface area contributed by atoms with Crippen molar-refractivity contribution in [2.24, 2.45) is 5.41 Å². The first-order chi connectivity index (χ1) is 7.63. The summed E-state index contributed by atoms with van der Waals surface area (Å²) in [6.07, 6.45) is 2.02. The van der Waals surface area contributed by atoms with E-state index in [1.165, 1.54) is 0 Å². The lowest BCUT2D eigenvalue weighted by atomic mass is 9.81. The summed E-state index contributed by atoms with van der Waals surface area (Å²) in [5.41, 5.74) is 0.0904. The molecule has 1 aromatic rings. The van der Waals surface area contributed by atoms with Gasteiger partial charge in [-0.25, -0.2) is 0 Å². The summed E-state index contributed by atoms with van der Waals surface area (Å²) in [4.78, 5) is 2.24. The summed E-state index contributed by atoms with van der Waals surface area (Å²) in [5, 5.41) is 17.5. The number of aliphatic hydroxyl groups excluding tert-OH is 1. The highest BCUT2D eigenvalue weighted by molar-refractivity contribution is 14.1. The normalized spacial score (nSPS) is 19.8. The maximum Gasteiger partial charge on any atom is 0.151 e. The smallest absolute Gasteiger partial charge is 0.151 e. The number of aliphatic hydroxyl groups is 1. The highest BCUT2D eigenvalue weighted by Crippen LogP contribution is 2.31. The summed E-state index contributed by atoms with van der Waals surface area (Å²) in [6.45, 7) is 4.32. The Morgan fingerprint density at radius 1 is 1.38 bits per heavy atom. The molecular weight excluding hydrogens is 317 g/mol. The number of piperidine rings is 1. The second-order valence-corrected chi connectivity index (χ2v) is 5.78. The van der Waals surface area contributed by atoms with Crippen molar-refractivity contribution < 1.29 is 5.11 Å². The number of rotatable bonds is 2. The van der Waals surface area contributed by atoms with Gasteiger partial charge >= 0.3 is 0 Å². The second-order valence-electron chi connectivity index (χ2n) is 4.67. The number of anilines is 1. The van der Waals surface area contributed by atoms with E-state index in [0.29, 0.717) is 0 Å². The molecule has 1 aliphatic rings. The van der Waals surface area contributed by atoms with Crippen molar-refractivity contribution in [1.29, 1.82) is 0 Å². The third-order valence-electron chi connectivity index (χ3n) is 3.29. The van der Waals surface area contributed by atoms with E-state index in [0.717, 1.165) is 35.4 Å². The average Bonchev–Trinajstić information content (AvgIpc) is 2.32. The van der Waals surface area contributed by atoms with Gasteiger partial charge in [0.15, 0.2) is 5.82 Å². The van der Waals surface area contributed by atoms with Crippen LogP contribution in [0.4, 0.5) is 5.82 Å². The Morgan fingerprint density at radius 2 is 2.06 bits per heavy atom. The first-order valence-corrected chi connectivity index (χ1v) is 6.56. The van der Waals surface area contributed by atoms with Gasteiger partial charge in [-0.2, -0.15) is 0 Å². The zero-order valence-corrected chi connectivity index (χ0v) is 11.5. The molecule has 0 atom stereocenters. The molecule has 0 spiro atoms. The van der Waals surface area contributed by atoms with Crippen molar-refractivity contribution in [2.45, 2.75) is 19.8 Å². The Morgan fingerprint density at radius 3 is 2.56 bits per heavy atom. The fourth-order valence-electron chi connectivity index (χ4n) is 1.91. The molecule has 0 bridgehead atoms. The van der Waals surface area contributed by atoms with Crippen LogP contribution in [0.25, 0.3) is 0 Å². The molecule has 1 N–H and O–H groups in total. The molecule has 0 amide bonds. The van der Waals surface area contributed by atoms with Crippen LogP contribution in [0.1, 0.15) is 19.8 Å². The predicted octanol–water partition coefficient (Wildman–Crippen LogP) is 1.68.